The predicted octanol–water partition coefficient (Wildman–Crippen LogP) is 1.59. The molecule has 2 heterocycles. The predicted molar refractivity (Wildman–Crippen MR) is 83.1 cm³/mol. The monoisotopic (exact) mass is 274 g/mol. The van der Waals surface area contributed by atoms with Crippen LogP contribution in [-0.2, 0) is 0 Å². The smallest absolute Gasteiger partial charge is 0.128 e. The van der Waals surface area contributed by atoms with Crippen LogP contribution in [0.5, 0.6) is 0 Å². The summed E-state index contributed by atoms with van der Waals surface area (Å²) < 4.78 is 0. The number of hydrogen-bond donors (Lipinski definition) is 1. The van der Waals surface area contributed by atoms with Crippen molar-refractivity contribution in [3.63, 3.8) is 0 Å². The number of nitrogens with one attached hydrogen (secondary N) is 1. The van der Waals surface area contributed by atoms with E-state index in [2.05, 4.69) is 39.2 Å². The van der Waals surface area contributed by atoms with Gasteiger partial charge in [0, 0.05) is 51.5 Å². The second-order valence-corrected chi connectivity index (χ2v) is 6.10. The molecule has 1 atom stereocenters. The molecule has 1 unspecified atom stereocenters. The van der Waals surface area contributed by atoms with Crippen LogP contribution in [-0.4, -0.2) is 55.2 Å². The summed E-state index contributed by atoms with van der Waals surface area (Å²) in [6, 6.07) is 6.86. The van der Waals surface area contributed by atoms with Gasteiger partial charge in [-0.05, 0) is 37.8 Å². The number of piperazine rings is 1. The SMILES string of the molecule is CC(NCCN1CCN(c2ccccn2)CC1)C1CC1. The van der Waals surface area contributed by atoms with Gasteiger partial charge in [0.25, 0.3) is 0 Å². The highest BCUT2D eigenvalue weighted by Crippen LogP contribution is 2.32. The van der Waals surface area contributed by atoms with E-state index in [0.29, 0.717) is 6.04 Å². The third-order valence-electron chi connectivity index (χ3n) is 4.57. The summed E-state index contributed by atoms with van der Waals surface area (Å²) in [6.45, 7) is 9.11. The number of rotatable bonds is 6. The van der Waals surface area contributed by atoms with Crippen LogP contribution in [0.1, 0.15) is 19.8 Å². The van der Waals surface area contributed by atoms with Crippen molar-refractivity contribution in [1.82, 2.24) is 15.2 Å². The zero-order valence-electron chi connectivity index (χ0n) is 12.5. The van der Waals surface area contributed by atoms with E-state index < -0.39 is 0 Å². The van der Waals surface area contributed by atoms with E-state index in [-0.39, 0.29) is 0 Å². The van der Waals surface area contributed by atoms with Gasteiger partial charge in [0.05, 0.1) is 0 Å². The summed E-state index contributed by atoms with van der Waals surface area (Å²) in [4.78, 5) is 9.38. The van der Waals surface area contributed by atoms with Crippen LogP contribution >= 0.6 is 0 Å². The molecule has 0 spiro atoms. The van der Waals surface area contributed by atoms with Crippen LogP contribution < -0.4 is 10.2 Å². The van der Waals surface area contributed by atoms with E-state index in [1.807, 2.05) is 12.3 Å². The number of pyridine rings is 1. The van der Waals surface area contributed by atoms with Gasteiger partial charge in [-0.1, -0.05) is 6.07 Å². The largest absolute Gasteiger partial charge is 0.354 e. The molecule has 1 N–H and O–H groups in total. The minimum atomic E-state index is 0.713. The van der Waals surface area contributed by atoms with Crippen molar-refractivity contribution in [2.75, 3.05) is 44.2 Å². The van der Waals surface area contributed by atoms with Gasteiger partial charge in [-0.25, -0.2) is 4.98 Å². The summed E-state index contributed by atoms with van der Waals surface area (Å²) >= 11 is 0. The Morgan fingerprint density at radius 3 is 2.70 bits per heavy atom. The maximum Gasteiger partial charge on any atom is 0.128 e. The van der Waals surface area contributed by atoms with E-state index in [9.17, 15) is 0 Å². The molecule has 0 radical (unpaired) electrons. The van der Waals surface area contributed by atoms with Crippen molar-refractivity contribution in [2.45, 2.75) is 25.8 Å². The Morgan fingerprint density at radius 1 is 1.25 bits per heavy atom. The van der Waals surface area contributed by atoms with Crippen LogP contribution in [0.3, 0.4) is 0 Å². The lowest BCUT2D eigenvalue weighted by atomic mass is 10.2. The van der Waals surface area contributed by atoms with Crippen molar-refractivity contribution in [2.24, 2.45) is 5.92 Å². The van der Waals surface area contributed by atoms with E-state index in [0.717, 1.165) is 44.5 Å². The number of hydrogen-bond acceptors (Lipinski definition) is 4. The van der Waals surface area contributed by atoms with Crippen molar-refractivity contribution in [3.8, 4) is 0 Å². The van der Waals surface area contributed by atoms with Crippen LogP contribution in [0.4, 0.5) is 5.82 Å². The maximum atomic E-state index is 4.43. The van der Waals surface area contributed by atoms with Gasteiger partial charge in [0.2, 0.25) is 0 Å². The first kappa shape index (κ1) is 13.8. The van der Waals surface area contributed by atoms with Crippen LogP contribution in [0.25, 0.3) is 0 Å². The Morgan fingerprint density at radius 2 is 2.05 bits per heavy atom. The van der Waals surface area contributed by atoms with Gasteiger partial charge in [-0.2, -0.15) is 0 Å². The van der Waals surface area contributed by atoms with Gasteiger partial charge in [0.15, 0.2) is 0 Å². The van der Waals surface area contributed by atoms with E-state index in [1.165, 1.54) is 19.4 Å². The van der Waals surface area contributed by atoms with Crippen molar-refractivity contribution in [1.29, 1.82) is 0 Å². The van der Waals surface area contributed by atoms with Crippen LogP contribution in [0, 0.1) is 5.92 Å². The molecule has 1 aromatic rings. The average molecular weight is 274 g/mol. The molecular weight excluding hydrogens is 248 g/mol. The first-order chi connectivity index (χ1) is 9.83. The molecule has 0 amide bonds. The van der Waals surface area contributed by atoms with Gasteiger partial charge >= 0.3 is 0 Å². The first-order valence-corrected chi connectivity index (χ1v) is 7.94. The average Bonchev–Trinajstić information content (AvgIpc) is 3.33. The zero-order valence-corrected chi connectivity index (χ0v) is 12.5. The second kappa shape index (κ2) is 6.55. The lowest BCUT2D eigenvalue weighted by molar-refractivity contribution is 0.252. The molecule has 2 aliphatic rings. The molecule has 1 aliphatic heterocycles. The van der Waals surface area contributed by atoms with Gasteiger partial charge in [-0.15, -0.1) is 0 Å². The van der Waals surface area contributed by atoms with Crippen molar-refractivity contribution < 1.29 is 0 Å². The van der Waals surface area contributed by atoms with Crippen molar-refractivity contribution in [3.05, 3.63) is 24.4 Å². The van der Waals surface area contributed by atoms with Gasteiger partial charge in [-0.3, -0.25) is 4.90 Å². The first-order valence-electron chi connectivity index (χ1n) is 7.94. The minimum Gasteiger partial charge on any atom is -0.354 e. The molecule has 2 fully saturated rings. The lowest BCUT2D eigenvalue weighted by Gasteiger charge is -2.35. The Bertz CT molecular complexity index is 396. The topological polar surface area (TPSA) is 31.4 Å². The molecule has 1 saturated heterocycles. The molecule has 110 valence electrons. The zero-order chi connectivity index (χ0) is 13.8. The quantitative estimate of drug-likeness (QED) is 0.853. The highest BCUT2D eigenvalue weighted by atomic mass is 15.3. The van der Waals surface area contributed by atoms with Gasteiger partial charge in [0.1, 0.15) is 5.82 Å². The molecule has 1 saturated carbocycles. The van der Waals surface area contributed by atoms with Crippen molar-refractivity contribution >= 4 is 5.82 Å². The molecule has 4 heteroatoms. The molecule has 0 aromatic carbocycles. The van der Waals surface area contributed by atoms with Crippen LogP contribution in [0.15, 0.2) is 24.4 Å². The summed E-state index contributed by atoms with van der Waals surface area (Å²) in [6.07, 6.45) is 4.73. The third kappa shape index (κ3) is 3.70. The molecule has 1 aliphatic carbocycles. The Hall–Kier alpha value is -1.13. The highest BCUT2D eigenvalue weighted by Gasteiger charge is 2.27. The molecule has 1 aromatic heterocycles. The van der Waals surface area contributed by atoms with E-state index >= 15 is 0 Å². The Labute approximate surface area is 122 Å². The number of aromatic nitrogens is 1. The highest BCUT2D eigenvalue weighted by molar-refractivity contribution is 5.38. The fourth-order valence-electron chi connectivity index (χ4n) is 2.95. The summed E-state index contributed by atoms with van der Waals surface area (Å²) in [5.41, 5.74) is 0. The van der Waals surface area contributed by atoms with Crippen LogP contribution in [0.2, 0.25) is 0 Å². The summed E-state index contributed by atoms with van der Waals surface area (Å²) in [5, 5.41) is 3.67. The van der Waals surface area contributed by atoms with E-state index in [4.69, 9.17) is 0 Å². The minimum absolute atomic E-state index is 0.713. The number of nitrogens with zero attached hydrogens (tertiary/aromatic N) is 3. The Balaban J connectivity index is 1.36. The third-order valence-corrected chi connectivity index (χ3v) is 4.57. The summed E-state index contributed by atoms with van der Waals surface area (Å²) in [5.74, 6) is 2.07. The molecule has 3 rings (SSSR count). The maximum absolute atomic E-state index is 4.43. The fourth-order valence-corrected chi connectivity index (χ4v) is 2.95. The molecule has 0 bridgehead atoms. The Kier molecular flexibility index (Phi) is 4.53. The standard InChI is InChI=1S/C16H26N4/c1-14(15-5-6-15)17-8-9-19-10-12-20(13-11-19)16-4-2-3-7-18-16/h2-4,7,14-15,17H,5-6,8-13H2,1H3. The lowest BCUT2D eigenvalue weighted by Crippen LogP contribution is -2.49. The molecule has 4 nitrogen and oxygen atoms in total. The normalized spacial score (nSPS) is 21.9. The summed E-state index contributed by atoms with van der Waals surface area (Å²) in [7, 11) is 0. The molecular formula is C16H26N4. The van der Waals surface area contributed by atoms with E-state index in [1.54, 1.807) is 0 Å². The number of anilines is 1. The fraction of sp³-hybridized carbons (Fsp3) is 0.688. The van der Waals surface area contributed by atoms with Gasteiger partial charge < -0.3 is 10.2 Å². The molecule has 20 heavy (non-hydrogen) atoms. The second-order valence-electron chi connectivity index (χ2n) is 6.10.